The highest BCUT2D eigenvalue weighted by Crippen LogP contribution is 2.23. The lowest BCUT2D eigenvalue weighted by Crippen LogP contribution is -2.40. The molecule has 2 N–H and O–H groups in total. The number of hydrogen-bond acceptors (Lipinski definition) is 3. The Labute approximate surface area is 108 Å². The Bertz CT molecular complexity index is 349. The summed E-state index contributed by atoms with van der Waals surface area (Å²) in [6, 6.07) is 7.22. The molecule has 2 rings (SSSR count). The first kappa shape index (κ1) is 13.3. The van der Waals surface area contributed by atoms with Crippen molar-refractivity contribution >= 4 is 5.69 Å². The Balaban J connectivity index is 2.10. The van der Waals surface area contributed by atoms with Crippen LogP contribution in [0.3, 0.4) is 0 Å². The Morgan fingerprint density at radius 2 is 1.89 bits per heavy atom. The summed E-state index contributed by atoms with van der Waals surface area (Å²) < 4.78 is 18.4. The van der Waals surface area contributed by atoms with Gasteiger partial charge in [0.1, 0.15) is 5.82 Å². The monoisotopic (exact) mass is 252 g/mol. The average molecular weight is 252 g/mol. The molecule has 0 radical (unpaired) electrons. The lowest BCUT2D eigenvalue weighted by Gasteiger charge is -2.36. The summed E-state index contributed by atoms with van der Waals surface area (Å²) in [6.45, 7) is 3.23. The fraction of sp³-hybridized carbons (Fsp3) is 0.571. The molecule has 0 aliphatic carbocycles. The van der Waals surface area contributed by atoms with Gasteiger partial charge in [0.2, 0.25) is 0 Å². The number of ether oxygens (including phenoxy) is 1. The molecule has 0 saturated carbocycles. The van der Waals surface area contributed by atoms with E-state index in [1.165, 1.54) is 12.1 Å². The van der Waals surface area contributed by atoms with Crippen molar-refractivity contribution in [3.8, 4) is 0 Å². The number of halogens is 1. The zero-order valence-corrected chi connectivity index (χ0v) is 10.6. The highest BCUT2D eigenvalue weighted by atomic mass is 19.1. The second-order valence-corrected chi connectivity index (χ2v) is 4.66. The minimum absolute atomic E-state index is 0.190. The van der Waals surface area contributed by atoms with Crippen LogP contribution in [0.15, 0.2) is 24.3 Å². The van der Waals surface area contributed by atoms with Gasteiger partial charge in [0.15, 0.2) is 0 Å². The van der Waals surface area contributed by atoms with Gasteiger partial charge in [0.25, 0.3) is 0 Å². The average Bonchev–Trinajstić information content (AvgIpc) is 2.42. The van der Waals surface area contributed by atoms with Crippen molar-refractivity contribution < 1.29 is 9.13 Å². The van der Waals surface area contributed by atoms with Crippen LogP contribution in [0.2, 0.25) is 0 Å². The van der Waals surface area contributed by atoms with Crippen LogP contribution in [0.1, 0.15) is 19.3 Å². The van der Waals surface area contributed by atoms with Crippen molar-refractivity contribution in [2.75, 3.05) is 31.2 Å². The molecule has 1 aliphatic rings. The smallest absolute Gasteiger partial charge is 0.123 e. The van der Waals surface area contributed by atoms with E-state index in [1.807, 2.05) is 12.1 Å². The molecule has 0 atom stereocenters. The highest BCUT2D eigenvalue weighted by molar-refractivity contribution is 5.47. The second kappa shape index (κ2) is 6.71. The normalized spacial score (nSPS) is 16.8. The predicted octanol–water partition coefficient (Wildman–Crippen LogP) is 2.16. The van der Waals surface area contributed by atoms with Crippen molar-refractivity contribution in [2.45, 2.75) is 25.3 Å². The van der Waals surface area contributed by atoms with Crippen LogP contribution in [0.25, 0.3) is 0 Å². The van der Waals surface area contributed by atoms with E-state index < -0.39 is 0 Å². The third-order valence-corrected chi connectivity index (χ3v) is 3.39. The maximum Gasteiger partial charge on any atom is 0.123 e. The molecule has 1 heterocycles. The standard InChI is InChI=1S/C14H21FN2O/c15-12-2-4-13(5-3-12)17(9-1-8-16)14-6-10-18-11-7-14/h2-5,14H,1,6-11,16H2. The number of anilines is 1. The van der Waals surface area contributed by atoms with E-state index in [0.717, 1.165) is 44.7 Å². The Morgan fingerprint density at radius 3 is 2.50 bits per heavy atom. The van der Waals surface area contributed by atoms with Crippen molar-refractivity contribution in [3.63, 3.8) is 0 Å². The number of hydrogen-bond donors (Lipinski definition) is 1. The van der Waals surface area contributed by atoms with Crippen LogP contribution in [0.5, 0.6) is 0 Å². The van der Waals surface area contributed by atoms with Gasteiger partial charge in [-0.15, -0.1) is 0 Å². The van der Waals surface area contributed by atoms with E-state index in [4.69, 9.17) is 10.5 Å². The Morgan fingerprint density at radius 1 is 1.22 bits per heavy atom. The van der Waals surface area contributed by atoms with Crippen LogP contribution >= 0.6 is 0 Å². The summed E-state index contributed by atoms with van der Waals surface area (Å²) in [5.41, 5.74) is 6.68. The third kappa shape index (κ3) is 3.43. The highest BCUT2D eigenvalue weighted by Gasteiger charge is 2.21. The van der Waals surface area contributed by atoms with Gasteiger partial charge in [0.05, 0.1) is 0 Å². The van der Waals surface area contributed by atoms with Crippen LogP contribution in [0.4, 0.5) is 10.1 Å². The number of rotatable bonds is 5. The van der Waals surface area contributed by atoms with Crippen LogP contribution in [0, 0.1) is 5.82 Å². The summed E-state index contributed by atoms with van der Waals surface area (Å²) in [5, 5.41) is 0. The second-order valence-electron chi connectivity index (χ2n) is 4.66. The first-order valence-corrected chi connectivity index (χ1v) is 6.61. The molecular formula is C14H21FN2O. The van der Waals surface area contributed by atoms with Gasteiger partial charge in [-0.05, 0) is 50.1 Å². The maximum absolute atomic E-state index is 13.0. The minimum atomic E-state index is -0.190. The zero-order valence-electron chi connectivity index (χ0n) is 10.6. The van der Waals surface area contributed by atoms with Gasteiger partial charge >= 0.3 is 0 Å². The molecule has 0 aromatic heterocycles. The molecule has 1 aromatic rings. The first-order valence-electron chi connectivity index (χ1n) is 6.61. The molecule has 4 heteroatoms. The fourth-order valence-electron chi connectivity index (χ4n) is 2.41. The van der Waals surface area contributed by atoms with Crippen molar-refractivity contribution in [1.82, 2.24) is 0 Å². The van der Waals surface area contributed by atoms with Crippen molar-refractivity contribution in [2.24, 2.45) is 5.73 Å². The van der Waals surface area contributed by atoms with Gasteiger partial charge < -0.3 is 15.4 Å². The number of nitrogens with zero attached hydrogens (tertiary/aromatic N) is 1. The lowest BCUT2D eigenvalue weighted by molar-refractivity contribution is 0.0844. The maximum atomic E-state index is 13.0. The SMILES string of the molecule is NCCCN(c1ccc(F)cc1)C1CCOCC1. The van der Waals surface area contributed by atoms with Crippen LogP contribution < -0.4 is 10.6 Å². The molecule has 0 amide bonds. The van der Waals surface area contributed by atoms with Crippen LogP contribution in [-0.2, 0) is 4.74 Å². The van der Waals surface area contributed by atoms with Gasteiger partial charge in [-0.1, -0.05) is 0 Å². The molecule has 0 unspecified atom stereocenters. The van der Waals surface area contributed by atoms with E-state index >= 15 is 0 Å². The molecule has 100 valence electrons. The van der Waals surface area contributed by atoms with Gasteiger partial charge in [-0.2, -0.15) is 0 Å². The molecular weight excluding hydrogens is 231 g/mol. The topological polar surface area (TPSA) is 38.5 Å². The molecule has 0 bridgehead atoms. The van der Waals surface area contributed by atoms with E-state index in [2.05, 4.69) is 4.90 Å². The van der Waals surface area contributed by atoms with Crippen LogP contribution in [-0.4, -0.2) is 32.3 Å². The molecule has 1 aliphatic heterocycles. The Hall–Kier alpha value is -1.13. The fourth-order valence-corrected chi connectivity index (χ4v) is 2.41. The first-order chi connectivity index (χ1) is 8.81. The molecule has 1 aromatic carbocycles. The largest absolute Gasteiger partial charge is 0.381 e. The summed E-state index contributed by atoms with van der Waals surface area (Å²) in [4.78, 5) is 2.34. The van der Waals surface area contributed by atoms with Gasteiger partial charge in [0, 0.05) is 31.5 Å². The summed E-state index contributed by atoms with van der Waals surface area (Å²) in [5.74, 6) is -0.190. The molecule has 3 nitrogen and oxygen atoms in total. The number of nitrogens with two attached hydrogens (primary N) is 1. The van der Waals surface area contributed by atoms with Crippen molar-refractivity contribution in [1.29, 1.82) is 0 Å². The third-order valence-electron chi connectivity index (χ3n) is 3.39. The van der Waals surface area contributed by atoms with E-state index in [9.17, 15) is 4.39 Å². The molecule has 1 fully saturated rings. The van der Waals surface area contributed by atoms with E-state index in [1.54, 1.807) is 0 Å². The van der Waals surface area contributed by atoms with Gasteiger partial charge in [-0.3, -0.25) is 0 Å². The predicted molar refractivity (Wildman–Crippen MR) is 71.3 cm³/mol. The minimum Gasteiger partial charge on any atom is -0.381 e. The Kier molecular flexibility index (Phi) is 4.96. The molecule has 18 heavy (non-hydrogen) atoms. The van der Waals surface area contributed by atoms with Crippen molar-refractivity contribution in [3.05, 3.63) is 30.1 Å². The quantitative estimate of drug-likeness (QED) is 0.872. The summed E-state index contributed by atoms with van der Waals surface area (Å²) >= 11 is 0. The zero-order chi connectivity index (χ0) is 12.8. The number of benzene rings is 1. The lowest BCUT2D eigenvalue weighted by atomic mass is 10.1. The summed E-state index contributed by atoms with van der Waals surface area (Å²) in [6.07, 6.45) is 3.01. The van der Waals surface area contributed by atoms with E-state index in [0.29, 0.717) is 12.6 Å². The molecule has 1 saturated heterocycles. The summed E-state index contributed by atoms with van der Waals surface area (Å²) in [7, 11) is 0. The van der Waals surface area contributed by atoms with Gasteiger partial charge in [-0.25, -0.2) is 4.39 Å². The molecule has 0 spiro atoms. The van der Waals surface area contributed by atoms with E-state index in [-0.39, 0.29) is 5.82 Å².